The molecule has 7 nitrogen and oxygen atoms in total. The minimum absolute atomic E-state index is 0.177. The van der Waals surface area contributed by atoms with Gasteiger partial charge < -0.3 is 10.2 Å². The molecule has 7 heteroatoms. The molecule has 1 aromatic heterocycles. The molecule has 0 radical (unpaired) electrons. The van der Waals surface area contributed by atoms with Crippen molar-refractivity contribution in [2.45, 2.75) is 26.8 Å². The lowest BCUT2D eigenvalue weighted by molar-refractivity contribution is -0.384. The number of nitrogens with zero attached hydrogens (tertiary/aromatic N) is 4. The fourth-order valence-electron chi connectivity index (χ4n) is 3.53. The van der Waals surface area contributed by atoms with Gasteiger partial charge in [-0.2, -0.15) is 5.10 Å². The molecule has 20 heavy (non-hydrogen) atoms. The zero-order valence-electron chi connectivity index (χ0n) is 12.0. The summed E-state index contributed by atoms with van der Waals surface area (Å²) in [5.74, 6) is 2.02. The van der Waals surface area contributed by atoms with Crippen molar-refractivity contribution in [2.75, 3.05) is 31.1 Å². The van der Waals surface area contributed by atoms with Crippen molar-refractivity contribution in [3.05, 3.63) is 15.8 Å². The molecule has 2 unspecified atom stereocenters. The summed E-state index contributed by atoms with van der Waals surface area (Å²) in [6.07, 6.45) is 1.10. The van der Waals surface area contributed by atoms with Gasteiger partial charge in [-0.05, 0) is 45.2 Å². The number of nitrogens with one attached hydrogen (secondary N) is 1. The normalized spacial score (nSPS) is 25.8. The summed E-state index contributed by atoms with van der Waals surface area (Å²) in [6, 6.07) is 0. The van der Waals surface area contributed by atoms with Gasteiger partial charge in [0.15, 0.2) is 0 Å². The van der Waals surface area contributed by atoms with Gasteiger partial charge in [0.25, 0.3) is 0 Å². The summed E-state index contributed by atoms with van der Waals surface area (Å²) in [5, 5.41) is 19.1. The van der Waals surface area contributed by atoms with E-state index in [1.807, 2.05) is 6.92 Å². The molecule has 2 aliphatic rings. The maximum absolute atomic E-state index is 11.4. The summed E-state index contributed by atoms with van der Waals surface area (Å²) in [7, 11) is 0. The molecule has 2 atom stereocenters. The van der Waals surface area contributed by atoms with Crippen LogP contribution in [-0.4, -0.2) is 40.9 Å². The van der Waals surface area contributed by atoms with E-state index in [9.17, 15) is 10.1 Å². The van der Waals surface area contributed by atoms with Crippen molar-refractivity contribution < 1.29 is 4.92 Å². The van der Waals surface area contributed by atoms with Crippen LogP contribution in [0.4, 0.5) is 11.5 Å². The zero-order valence-corrected chi connectivity index (χ0v) is 12.0. The maximum atomic E-state index is 11.4. The number of fused-ring (bicyclic) bond motifs is 1. The van der Waals surface area contributed by atoms with Crippen LogP contribution in [0.15, 0.2) is 0 Å². The highest BCUT2D eigenvalue weighted by molar-refractivity contribution is 5.61. The predicted molar refractivity (Wildman–Crippen MR) is 76.0 cm³/mol. The van der Waals surface area contributed by atoms with Crippen LogP contribution in [0.25, 0.3) is 0 Å². The number of aromatic nitrogens is 2. The molecule has 0 saturated carbocycles. The topological polar surface area (TPSA) is 76.2 Å². The minimum atomic E-state index is -0.289. The number of hydrogen-bond donors (Lipinski definition) is 1. The van der Waals surface area contributed by atoms with Crippen LogP contribution in [0, 0.1) is 28.9 Å². The first-order chi connectivity index (χ1) is 9.61. The third-order valence-electron chi connectivity index (χ3n) is 4.56. The second-order valence-electron chi connectivity index (χ2n) is 5.74. The fourth-order valence-corrected chi connectivity index (χ4v) is 3.53. The standard InChI is InChI=1S/C13H21N5O2/c1-3-17-13(12(18(19)20)9(2)15-17)16-5-4-10-6-14-7-11(10)8-16/h10-11,14H,3-8H2,1-2H3. The lowest BCUT2D eigenvalue weighted by atomic mass is 9.89. The maximum Gasteiger partial charge on any atom is 0.333 e. The Morgan fingerprint density at radius 3 is 2.90 bits per heavy atom. The summed E-state index contributed by atoms with van der Waals surface area (Å²) in [5.41, 5.74) is 0.690. The summed E-state index contributed by atoms with van der Waals surface area (Å²) >= 11 is 0. The average molecular weight is 279 g/mol. The highest BCUT2D eigenvalue weighted by Gasteiger charge is 2.37. The van der Waals surface area contributed by atoms with Crippen molar-refractivity contribution in [2.24, 2.45) is 11.8 Å². The van der Waals surface area contributed by atoms with E-state index in [0.29, 0.717) is 24.0 Å². The Balaban J connectivity index is 1.94. The number of rotatable bonds is 3. The van der Waals surface area contributed by atoms with Gasteiger partial charge >= 0.3 is 5.69 Å². The number of nitro groups is 1. The molecule has 1 N–H and O–H groups in total. The molecule has 2 aliphatic heterocycles. The summed E-state index contributed by atoms with van der Waals surface area (Å²) in [4.78, 5) is 13.2. The van der Waals surface area contributed by atoms with Crippen molar-refractivity contribution in [1.29, 1.82) is 0 Å². The number of piperidine rings is 1. The van der Waals surface area contributed by atoms with Gasteiger partial charge in [0.05, 0.1) is 4.92 Å². The molecule has 2 saturated heterocycles. The van der Waals surface area contributed by atoms with E-state index < -0.39 is 0 Å². The van der Waals surface area contributed by atoms with Crippen LogP contribution in [-0.2, 0) is 6.54 Å². The Hall–Kier alpha value is -1.63. The highest BCUT2D eigenvalue weighted by Crippen LogP contribution is 2.36. The molecule has 1 aromatic rings. The minimum Gasteiger partial charge on any atom is -0.351 e. The van der Waals surface area contributed by atoms with E-state index in [4.69, 9.17) is 0 Å². The predicted octanol–water partition coefficient (Wildman–Crippen LogP) is 1.17. The van der Waals surface area contributed by atoms with Gasteiger partial charge in [-0.1, -0.05) is 0 Å². The van der Waals surface area contributed by atoms with Gasteiger partial charge in [0.2, 0.25) is 5.82 Å². The molecule has 0 amide bonds. The second-order valence-corrected chi connectivity index (χ2v) is 5.74. The van der Waals surface area contributed by atoms with Crippen LogP contribution in [0.5, 0.6) is 0 Å². The first-order valence-electron chi connectivity index (χ1n) is 7.29. The van der Waals surface area contributed by atoms with Crippen molar-refractivity contribution in [1.82, 2.24) is 15.1 Å². The highest BCUT2D eigenvalue weighted by atomic mass is 16.6. The molecule has 3 rings (SSSR count). The van der Waals surface area contributed by atoms with Crippen molar-refractivity contribution in [3.63, 3.8) is 0 Å². The zero-order chi connectivity index (χ0) is 14.3. The SMILES string of the molecule is CCn1nc(C)c([N+](=O)[O-])c1N1CCC2CNCC2C1. The van der Waals surface area contributed by atoms with E-state index in [-0.39, 0.29) is 10.6 Å². The average Bonchev–Trinajstić information content (AvgIpc) is 3.00. The largest absolute Gasteiger partial charge is 0.351 e. The molecule has 0 aromatic carbocycles. The molecule has 3 heterocycles. The van der Waals surface area contributed by atoms with Crippen molar-refractivity contribution >= 4 is 11.5 Å². The van der Waals surface area contributed by atoms with Crippen LogP contribution >= 0.6 is 0 Å². The van der Waals surface area contributed by atoms with E-state index in [1.165, 1.54) is 0 Å². The second kappa shape index (κ2) is 5.05. The quantitative estimate of drug-likeness (QED) is 0.664. The van der Waals surface area contributed by atoms with Crippen LogP contribution in [0.2, 0.25) is 0 Å². The smallest absolute Gasteiger partial charge is 0.333 e. The Morgan fingerprint density at radius 1 is 1.45 bits per heavy atom. The van der Waals surface area contributed by atoms with E-state index >= 15 is 0 Å². The lowest BCUT2D eigenvalue weighted by Gasteiger charge is -2.35. The first-order valence-corrected chi connectivity index (χ1v) is 7.29. The lowest BCUT2D eigenvalue weighted by Crippen LogP contribution is -2.41. The van der Waals surface area contributed by atoms with Gasteiger partial charge in [-0.25, -0.2) is 4.68 Å². The van der Waals surface area contributed by atoms with E-state index in [2.05, 4.69) is 15.3 Å². The van der Waals surface area contributed by atoms with Gasteiger partial charge in [0, 0.05) is 19.6 Å². The fraction of sp³-hybridized carbons (Fsp3) is 0.769. The first kappa shape index (κ1) is 13.4. The Bertz CT molecular complexity index is 527. The molecule has 0 aliphatic carbocycles. The third-order valence-corrected chi connectivity index (χ3v) is 4.56. The van der Waals surface area contributed by atoms with Gasteiger partial charge in [-0.3, -0.25) is 10.1 Å². The number of anilines is 1. The molecule has 110 valence electrons. The molecular formula is C13H21N5O2. The Labute approximate surface area is 118 Å². The van der Waals surface area contributed by atoms with Crippen LogP contribution < -0.4 is 10.2 Å². The van der Waals surface area contributed by atoms with E-state index in [1.54, 1.807) is 11.6 Å². The molecule has 0 bridgehead atoms. The number of hydrogen-bond acceptors (Lipinski definition) is 5. The Morgan fingerprint density at radius 2 is 2.20 bits per heavy atom. The third kappa shape index (κ3) is 2.06. The van der Waals surface area contributed by atoms with E-state index in [0.717, 1.165) is 38.5 Å². The molecular weight excluding hydrogens is 258 g/mol. The monoisotopic (exact) mass is 279 g/mol. The Kier molecular flexibility index (Phi) is 3.37. The van der Waals surface area contributed by atoms with Gasteiger partial charge in [-0.15, -0.1) is 0 Å². The number of aryl methyl sites for hydroxylation is 2. The van der Waals surface area contributed by atoms with Crippen LogP contribution in [0.1, 0.15) is 19.0 Å². The summed E-state index contributed by atoms with van der Waals surface area (Å²) < 4.78 is 1.77. The molecule has 0 spiro atoms. The molecule has 2 fully saturated rings. The van der Waals surface area contributed by atoms with Crippen LogP contribution in [0.3, 0.4) is 0 Å². The summed E-state index contributed by atoms with van der Waals surface area (Å²) in [6.45, 7) is 8.24. The van der Waals surface area contributed by atoms with Crippen molar-refractivity contribution in [3.8, 4) is 0 Å². The van der Waals surface area contributed by atoms with Gasteiger partial charge in [0.1, 0.15) is 5.69 Å².